The zero-order valence-electron chi connectivity index (χ0n) is 21.7. The lowest BCUT2D eigenvalue weighted by Crippen LogP contribution is -2.43. The smallest absolute Gasteiger partial charge is 0.228 e. The molecule has 204 valence electrons. The molecule has 3 aromatic heterocycles. The van der Waals surface area contributed by atoms with E-state index < -0.39 is 11.6 Å². The van der Waals surface area contributed by atoms with E-state index in [9.17, 15) is 4.39 Å². The molecule has 1 N–H and O–H groups in total. The van der Waals surface area contributed by atoms with E-state index in [2.05, 4.69) is 20.0 Å². The van der Waals surface area contributed by atoms with Gasteiger partial charge in [-0.15, -0.1) is 0 Å². The van der Waals surface area contributed by atoms with Crippen molar-refractivity contribution in [2.45, 2.75) is 50.4 Å². The zero-order valence-corrected chi connectivity index (χ0v) is 22.5. The quantitative estimate of drug-likeness (QED) is 0.363. The topological polar surface area (TPSA) is 92.3 Å². The molecule has 12 heteroatoms. The Balaban J connectivity index is 1.30. The predicted molar refractivity (Wildman–Crippen MR) is 144 cm³/mol. The Morgan fingerprint density at radius 3 is 2.72 bits per heavy atom. The van der Waals surface area contributed by atoms with Gasteiger partial charge in [-0.2, -0.15) is 15.1 Å². The minimum absolute atomic E-state index is 0.0856. The van der Waals surface area contributed by atoms with E-state index in [-0.39, 0.29) is 23.9 Å². The second kappa shape index (κ2) is 9.76. The van der Waals surface area contributed by atoms with E-state index >= 15 is 4.39 Å². The Morgan fingerprint density at radius 2 is 1.95 bits per heavy atom. The first kappa shape index (κ1) is 24.8. The maximum Gasteiger partial charge on any atom is 0.228 e. The molecule has 0 bridgehead atoms. The molecule has 4 aromatic rings. The number of aromatic amines is 1. The number of nitrogens with zero attached hydrogens (tertiary/aromatic N) is 6. The minimum atomic E-state index is -0.669. The third-order valence-electron chi connectivity index (χ3n) is 7.74. The first-order chi connectivity index (χ1) is 19.0. The SMILES string of the molecule is CO[C@H]1CCN(c2nc3nc(N4C[C@@H](C)O[C@@H](c5cn[nH]c5C5CC5)C4)nc(-c4ccc(F)cc4F)c3s2)C1. The van der Waals surface area contributed by atoms with Gasteiger partial charge in [-0.05, 0) is 38.3 Å². The number of ether oxygens (including phenoxy) is 2. The van der Waals surface area contributed by atoms with Crippen molar-refractivity contribution in [3.8, 4) is 11.3 Å². The molecular formula is C27H29F2N7O2S. The van der Waals surface area contributed by atoms with Gasteiger partial charge in [-0.3, -0.25) is 5.10 Å². The van der Waals surface area contributed by atoms with Crippen LogP contribution in [0.3, 0.4) is 0 Å². The van der Waals surface area contributed by atoms with E-state index in [1.54, 1.807) is 7.11 Å². The number of fused-ring (bicyclic) bond motifs is 1. The first-order valence-electron chi connectivity index (χ1n) is 13.3. The number of anilines is 2. The van der Waals surface area contributed by atoms with Gasteiger partial charge in [0.1, 0.15) is 22.4 Å². The number of methoxy groups -OCH3 is 1. The summed E-state index contributed by atoms with van der Waals surface area (Å²) in [5.74, 6) is -0.344. The maximum atomic E-state index is 15.1. The number of morpholine rings is 1. The molecule has 9 nitrogen and oxygen atoms in total. The van der Waals surface area contributed by atoms with Gasteiger partial charge in [-0.25, -0.2) is 13.8 Å². The average Bonchev–Trinajstić information content (AvgIpc) is 3.31. The van der Waals surface area contributed by atoms with E-state index in [4.69, 9.17) is 24.4 Å². The van der Waals surface area contributed by atoms with Gasteiger partial charge in [0.15, 0.2) is 10.8 Å². The number of hydrogen-bond acceptors (Lipinski definition) is 9. The molecule has 0 spiro atoms. The number of aromatic nitrogens is 5. The molecule has 0 radical (unpaired) electrons. The summed E-state index contributed by atoms with van der Waals surface area (Å²) in [5.41, 5.74) is 3.34. The number of hydrogen-bond donors (Lipinski definition) is 1. The van der Waals surface area contributed by atoms with Crippen LogP contribution in [0.5, 0.6) is 0 Å². The van der Waals surface area contributed by atoms with Gasteiger partial charge in [0.2, 0.25) is 5.95 Å². The van der Waals surface area contributed by atoms with Crippen molar-refractivity contribution >= 4 is 32.8 Å². The number of thiazole rings is 1. The number of halogens is 2. The van der Waals surface area contributed by atoms with Crippen molar-refractivity contribution in [3.63, 3.8) is 0 Å². The van der Waals surface area contributed by atoms with Crippen molar-refractivity contribution in [1.29, 1.82) is 0 Å². The lowest BCUT2D eigenvalue weighted by molar-refractivity contribution is -0.0182. The summed E-state index contributed by atoms with van der Waals surface area (Å²) >= 11 is 1.43. The second-order valence-corrected chi connectivity index (χ2v) is 11.6. The van der Waals surface area contributed by atoms with Crippen LogP contribution in [-0.4, -0.2) is 70.6 Å². The lowest BCUT2D eigenvalue weighted by atomic mass is 10.1. The van der Waals surface area contributed by atoms with Gasteiger partial charge >= 0.3 is 0 Å². The van der Waals surface area contributed by atoms with Crippen LogP contribution in [0.2, 0.25) is 0 Å². The van der Waals surface area contributed by atoms with Crippen molar-refractivity contribution in [2.75, 3.05) is 43.1 Å². The van der Waals surface area contributed by atoms with Crippen LogP contribution in [0.25, 0.3) is 21.6 Å². The van der Waals surface area contributed by atoms with Crippen LogP contribution < -0.4 is 9.80 Å². The molecule has 3 atom stereocenters. The highest BCUT2D eigenvalue weighted by Crippen LogP contribution is 2.44. The monoisotopic (exact) mass is 553 g/mol. The fourth-order valence-electron chi connectivity index (χ4n) is 5.58. The van der Waals surface area contributed by atoms with Crippen molar-refractivity contribution < 1.29 is 18.3 Å². The third-order valence-corrected chi connectivity index (χ3v) is 8.85. The standard InChI is InChI=1S/C27H29F2N7O2S/c1-14-11-36(13-21(38-14)19-10-30-34-22(19)15-3-4-15)26-31-23(18-6-5-16(28)9-20(18)29)24-25(32-26)33-27(39-24)35-8-7-17(12-35)37-2/h5-6,9-10,14-15,17,21H,3-4,7-8,11-13H2,1-2H3,(H,30,34)/t14-,17+,21-/m1/s1. The highest BCUT2D eigenvalue weighted by Gasteiger charge is 2.35. The van der Waals surface area contributed by atoms with Gasteiger partial charge in [0.25, 0.3) is 0 Å². The Bertz CT molecular complexity index is 1520. The molecule has 0 unspecified atom stereocenters. The van der Waals surface area contributed by atoms with Crippen molar-refractivity contribution in [1.82, 2.24) is 25.1 Å². The minimum Gasteiger partial charge on any atom is -0.380 e. The van der Waals surface area contributed by atoms with E-state index in [1.807, 2.05) is 13.1 Å². The van der Waals surface area contributed by atoms with Crippen molar-refractivity contribution in [3.05, 3.63) is 47.3 Å². The van der Waals surface area contributed by atoms with Crippen LogP contribution in [-0.2, 0) is 9.47 Å². The summed E-state index contributed by atoms with van der Waals surface area (Å²) in [6.07, 6.45) is 4.93. The molecule has 2 saturated heterocycles. The van der Waals surface area contributed by atoms with Crippen LogP contribution in [0.1, 0.15) is 49.5 Å². The molecular weight excluding hydrogens is 524 g/mol. The third kappa shape index (κ3) is 4.64. The van der Waals surface area contributed by atoms with Gasteiger partial charge < -0.3 is 19.3 Å². The zero-order chi connectivity index (χ0) is 26.7. The molecule has 39 heavy (non-hydrogen) atoms. The largest absolute Gasteiger partial charge is 0.380 e. The van der Waals surface area contributed by atoms with E-state index in [0.29, 0.717) is 41.0 Å². The molecule has 1 aromatic carbocycles. The molecule has 1 saturated carbocycles. The molecule has 1 aliphatic carbocycles. The fraction of sp³-hybridized carbons (Fsp3) is 0.481. The van der Waals surface area contributed by atoms with Gasteiger partial charge in [-0.1, -0.05) is 11.3 Å². The van der Waals surface area contributed by atoms with Gasteiger partial charge in [0, 0.05) is 55.5 Å². The lowest BCUT2D eigenvalue weighted by Gasteiger charge is -2.37. The normalized spacial score (nSPS) is 23.7. The Kier molecular flexibility index (Phi) is 6.20. The number of H-pyrrole nitrogens is 1. The average molecular weight is 554 g/mol. The molecule has 7 rings (SSSR count). The summed E-state index contributed by atoms with van der Waals surface area (Å²) in [7, 11) is 1.72. The molecule has 3 aliphatic rings. The molecule has 0 amide bonds. The Hall–Kier alpha value is -3.22. The van der Waals surface area contributed by atoms with Crippen molar-refractivity contribution in [2.24, 2.45) is 0 Å². The molecule has 2 aliphatic heterocycles. The van der Waals surface area contributed by atoms with Crippen LogP contribution in [0.4, 0.5) is 19.9 Å². The summed E-state index contributed by atoms with van der Waals surface area (Å²) < 4.78 is 41.4. The number of nitrogens with one attached hydrogen (secondary N) is 1. The summed E-state index contributed by atoms with van der Waals surface area (Å²) in [5, 5.41) is 8.25. The first-order valence-corrected chi connectivity index (χ1v) is 14.1. The number of benzene rings is 1. The maximum absolute atomic E-state index is 15.1. The van der Waals surface area contributed by atoms with Crippen LogP contribution in [0, 0.1) is 11.6 Å². The fourth-order valence-corrected chi connectivity index (χ4v) is 6.63. The Morgan fingerprint density at radius 1 is 1.08 bits per heavy atom. The Labute approximate surface area is 228 Å². The molecule has 3 fully saturated rings. The number of rotatable bonds is 6. The predicted octanol–water partition coefficient (Wildman–Crippen LogP) is 4.82. The van der Waals surface area contributed by atoms with Crippen LogP contribution in [0.15, 0.2) is 24.4 Å². The second-order valence-electron chi connectivity index (χ2n) is 10.6. The summed E-state index contributed by atoms with van der Waals surface area (Å²) in [6, 6.07) is 3.58. The van der Waals surface area contributed by atoms with E-state index in [1.165, 1.54) is 23.5 Å². The molecule has 5 heterocycles. The highest BCUT2D eigenvalue weighted by molar-refractivity contribution is 7.22. The van der Waals surface area contributed by atoms with Crippen LogP contribution >= 0.6 is 11.3 Å². The highest BCUT2D eigenvalue weighted by atomic mass is 32.1. The summed E-state index contributed by atoms with van der Waals surface area (Å²) in [4.78, 5) is 18.8. The van der Waals surface area contributed by atoms with Gasteiger partial charge in [0.05, 0.1) is 30.6 Å². The van der Waals surface area contributed by atoms with E-state index in [0.717, 1.165) is 54.8 Å². The summed E-state index contributed by atoms with van der Waals surface area (Å²) in [6.45, 7) is 4.67.